The van der Waals surface area contributed by atoms with Gasteiger partial charge in [0, 0.05) is 26.2 Å². The second-order valence-corrected chi connectivity index (χ2v) is 5.39. The van der Waals surface area contributed by atoms with Crippen LogP contribution >= 0.6 is 0 Å². The number of carbonyl (C=O) groups excluding carboxylic acids is 2. The van der Waals surface area contributed by atoms with Crippen molar-refractivity contribution in [2.24, 2.45) is 0 Å². The van der Waals surface area contributed by atoms with Crippen LogP contribution in [0.4, 0.5) is 5.82 Å². The molecule has 6 nitrogen and oxygen atoms in total. The van der Waals surface area contributed by atoms with Crippen LogP contribution in [0.5, 0.6) is 0 Å². The first-order chi connectivity index (χ1) is 9.21. The maximum absolute atomic E-state index is 11.6. The van der Waals surface area contributed by atoms with Crippen molar-refractivity contribution in [2.45, 2.75) is 26.4 Å². The zero-order valence-corrected chi connectivity index (χ0v) is 12.4. The first-order valence-corrected chi connectivity index (χ1v) is 6.14. The molecule has 0 aliphatic carbocycles. The Morgan fingerprint density at radius 3 is 2.45 bits per heavy atom. The average Bonchev–Trinajstić information content (AvgIpc) is 2.33. The van der Waals surface area contributed by atoms with Gasteiger partial charge in [0.1, 0.15) is 17.1 Å². The van der Waals surface area contributed by atoms with Crippen molar-refractivity contribution in [1.29, 1.82) is 0 Å². The largest absolute Gasteiger partial charge is 0.457 e. The van der Waals surface area contributed by atoms with E-state index in [9.17, 15) is 9.59 Å². The first-order valence-electron chi connectivity index (χ1n) is 6.14. The van der Waals surface area contributed by atoms with E-state index in [2.05, 4.69) is 9.97 Å². The molecule has 0 radical (unpaired) electrons. The van der Waals surface area contributed by atoms with Gasteiger partial charge in [0.15, 0.2) is 12.1 Å². The van der Waals surface area contributed by atoms with Crippen LogP contribution in [0.2, 0.25) is 0 Å². The van der Waals surface area contributed by atoms with Crippen molar-refractivity contribution in [1.82, 2.24) is 9.97 Å². The molecule has 0 N–H and O–H groups in total. The van der Waals surface area contributed by atoms with Crippen LogP contribution < -0.4 is 4.90 Å². The number of ether oxygens (including phenoxy) is 1. The molecule has 1 rings (SSSR count). The summed E-state index contributed by atoms with van der Waals surface area (Å²) in [5.41, 5.74) is -0.297. The van der Waals surface area contributed by atoms with Crippen molar-refractivity contribution in [3.63, 3.8) is 0 Å². The van der Waals surface area contributed by atoms with Gasteiger partial charge < -0.3 is 9.64 Å². The molecular weight excluding hydrogens is 258 g/mol. The van der Waals surface area contributed by atoms with Crippen LogP contribution in [0.1, 0.15) is 37.1 Å². The van der Waals surface area contributed by atoms with Crippen molar-refractivity contribution >= 4 is 24.1 Å². The van der Waals surface area contributed by atoms with Crippen LogP contribution in [0, 0.1) is 0 Å². The predicted octanol–water partition coefficient (Wildman–Crippen LogP) is 1.71. The monoisotopic (exact) mass is 277 g/mol. The lowest BCUT2D eigenvalue weighted by Gasteiger charge is -2.17. The summed E-state index contributed by atoms with van der Waals surface area (Å²) in [5, 5.41) is 0. The van der Waals surface area contributed by atoms with E-state index in [0.717, 1.165) is 0 Å². The van der Waals surface area contributed by atoms with Gasteiger partial charge in [-0.05, 0) is 26.8 Å². The minimum atomic E-state index is -0.554. The lowest BCUT2D eigenvalue weighted by Crippen LogP contribution is -2.22. The van der Waals surface area contributed by atoms with Gasteiger partial charge in [-0.1, -0.05) is 0 Å². The van der Waals surface area contributed by atoms with E-state index in [1.807, 2.05) is 0 Å². The lowest BCUT2D eigenvalue weighted by molar-refractivity contribution is -0.148. The number of hydrogen-bond donors (Lipinski definition) is 0. The third-order valence-electron chi connectivity index (χ3n) is 2.10. The van der Waals surface area contributed by atoms with E-state index >= 15 is 0 Å². The molecule has 0 saturated carbocycles. The van der Waals surface area contributed by atoms with E-state index in [1.54, 1.807) is 45.8 Å². The van der Waals surface area contributed by atoms with Crippen molar-refractivity contribution in [3.8, 4) is 0 Å². The highest BCUT2D eigenvalue weighted by molar-refractivity contribution is 5.87. The average molecular weight is 277 g/mol. The van der Waals surface area contributed by atoms with Gasteiger partial charge in [0.25, 0.3) is 0 Å². The lowest BCUT2D eigenvalue weighted by atomic mass is 10.2. The van der Waals surface area contributed by atoms with Crippen LogP contribution in [0.3, 0.4) is 0 Å². The standard InChI is InChI=1S/C14H19N3O3/c1-14(2,3)20-13(19)7-6-11-15-10(9-18)8-12(16-11)17(4)5/h6-9H,1-5H3. The van der Waals surface area contributed by atoms with Crippen molar-refractivity contribution in [2.75, 3.05) is 19.0 Å². The summed E-state index contributed by atoms with van der Waals surface area (Å²) in [6, 6.07) is 1.57. The topological polar surface area (TPSA) is 72.4 Å². The van der Waals surface area contributed by atoms with E-state index in [4.69, 9.17) is 4.74 Å². The van der Waals surface area contributed by atoms with E-state index < -0.39 is 11.6 Å². The van der Waals surface area contributed by atoms with Crippen LogP contribution in [0.15, 0.2) is 12.1 Å². The number of aldehydes is 1. The summed E-state index contributed by atoms with van der Waals surface area (Å²) in [5.74, 6) is 0.388. The van der Waals surface area contributed by atoms with Gasteiger partial charge in [0.2, 0.25) is 0 Å². The second-order valence-electron chi connectivity index (χ2n) is 5.39. The van der Waals surface area contributed by atoms with Gasteiger partial charge >= 0.3 is 5.97 Å². The van der Waals surface area contributed by atoms with E-state index in [1.165, 1.54) is 12.2 Å². The quantitative estimate of drug-likeness (QED) is 0.474. The Kier molecular flexibility index (Phi) is 4.96. The van der Waals surface area contributed by atoms with Crippen LogP contribution in [-0.2, 0) is 9.53 Å². The van der Waals surface area contributed by atoms with E-state index in [0.29, 0.717) is 12.1 Å². The smallest absolute Gasteiger partial charge is 0.331 e. The molecule has 1 aromatic rings. The molecule has 20 heavy (non-hydrogen) atoms. The number of aromatic nitrogens is 2. The molecule has 0 atom stereocenters. The molecule has 0 saturated heterocycles. The normalized spacial score (nSPS) is 11.4. The zero-order chi connectivity index (χ0) is 15.3. The number of anilines is 1. The molecule has 1 heterocycles. The van der Waals surface area contributed by atoms with Crippen molar-refractivity contribution in [3.05, 3.63) is 23.7 Å². The van der Waals surface area contributed by atoms with Crippen LogP contribution in [0.25, 0.3) is 6.08 Å². The van der Waals surface area contributed by atoms with Gasteiger partial charge in [-0.15, -0.1) is 0 Å². The van der Waals surface area contributed by atoms with Gasteiger partial charge in [0.05, 0.1) is 0 Å². The number of esters is 1. The minimum absolute atomic E-state index is 0.257. The number of nitrogens with zero attached hydrogens (tertiary/aromatic N) is 3. The van der Waals surface area contributed by atoms with E-state index in [-0.39, 0.29) is 11.5 Å². The molecule has 0 spiro atoms. The fourth-order valence-corrected chi connectivity index (χ4v) is 1.31. The van der Waals surface area contributed by atoms with Gasteiger partial charge in [-0.3, -0.25) is 4.79 Å². The maximum atomic E-state index is 11.6. The Morgan fingerprint density at radius 2 is 1.95 bits per heavy atom. The summed E-state index contributed by atoms with van der Waals surface area (Å²) in [6.07, 6.45) is 3.31. The Hall–Kier alpha value is -2.24. The molecule has 0 amide bonds. The molecule has 0 fully saturated rings. The van der Waals surface area contributed by atoms with Gasteiger partial charge in [-0.2, -0.15) is 0 Å². The molecule has 0 aliphatic rings. The first kappa shape index (κ1) is 15.8. The highest BCUT2D eigenvalue weighted by atomic mass is 16.6. The third-order valence-corrected chi connectivity index (χ3v) is 2.10. The zero-order valence-electron chi connectivity index (χ0n) is 12.4. The summed E-state index contributed by atoms with van der Waals surface area (Å²) < 4.78 is 5.13. The summed E-state index contributed by atoms with van der Waals surface area (Å²) in [6.45, 7) is 5.35. The Morgan fingerprint density at radius 1 is 1.30 bits per heavy atom. The third kappa shape index (κ3) is 5.17. The fourth-order valence-electron chi connectivity index (χ4n) is 1.31. The Bertz CT molecular complexity index is 531. The Balaban J connectivity index is 2.94. The summed E-state index contributed by atoms with van der Waals surface area (Å²) in [4.78, 5) is 32.4. The molecule has 108 valence electrons. The molecule has 0 aliphatic heterocycles. The minimum Gasteiger partial charge on any atom is -0.457 e. The number of carbonyl (C=O) groups is 2. The maximum Gasteiger partial charge on any atom is 0.331 e. The van der Waals surface area contributed by atoms with Gasteiger partial charge in [-0.25, -0.2) is 14.8 Å². The summed E-state index contributed by atoms with van der Waals surface area (Å²) >= 11 is 0. The highest BCUT2D eigenvalue weighted by Gasteiger charge is 2.14. The predicted molar refractivity (Wildman–Crippen MR) is 76.6 cm³/mol. The Labute approximate surface area is 118 Å². The molecular formula is C14H19N3O3. The SMILES string of the molecule is CN(C)c1cc(C=O)nc(C=CC(=O)OC(C)(C)C)n1. The second kappa shape index (κ2) is 6.27. The molecule has 0 aromatic carbocycles. The van der Waals surface area contributed by atoms with Crippen molar-refractivity contribution < 1.29 is 14.3 Å². The number of hydrogen-bond acceptors (Lipinski definition) is 6. The molecule has 6 heteroatoms. The molecule has 0 bridgehead atoms. The molecule has 1 aromatic heterocycles. The summed E-state index contributed by atoms with van der Waals surface area (Å²) in [7, 11) is 3.61. The number of rotatable bonds is 4. The van der Waals surface area contributed by atoms with Crippen LogP contribution in [-0.4, -0.2) is 41.9 Å². The molecule has 0 unspecified atom stereocenters. The fraction of sp³-hybridized carbons (Fsp3) is 0.429. The highest BCUT2D eigenvalue weighted by Crippen LogP contribution is 2.11.